The summed E-state index contributed by atoms with van der Waals surface area (Å²) in [4.78, 5) is 2.50. The van der Waals surface area contributed by atoms with Crippen molar-refractivity contribution in [3.8, 4) is 34.5 Å². The smallest absolute Gasteiger partial charge is 0.173 e. The minimum Gasteiger partial charge on any atom is -0.457 e. The highest BCUT2D eigenvalue weighted by Gasteiger charge is 2.60. The van der Waals surface area contributed by atoms with Crippen LogP contribution >= 0.6 is 0 Å². The lowest BCUT2D eigenvalue weighted by atomic mass is 9.84. The van der Waals surface area contributed by atoms with Crippen molar-refractivity contribution in [3.63, 3.8) is 0 Å². The van der Waals surface area contributed by atoms with Gasteiger partial charge in [0.1, 0.15) is 23.0 Å². The van der Waals surface area contributed by atoms with E-state index in [0.29, 0.717) is 0 Å². The second kappa shape index (κ2) is 9.96. The molecule has 0 aromatic heterocycles. The molecule has 8 rings (SSSR count). The van der Waals surface area contributed by atoms with E-state index < -0.39 is 8.07 Å². The van der Waals surface area contributed by atoms with Gasteiger partial charge in [0.2, 0.25) is 0 Å². The predicted octanol–water partition coefficient (Wildman–Crippen LogP) is 11.2. The Morgan fingerprint density at radius 3 is 1.67 bits per heavy atom. The van der Waals surface area contributed by atoms with Crippen molar-refractivity contribution in [2.75, 3.05) is 4.90 Å². The number of hydrogen-bond donors (Lipinski definition) is 0. The van der Waals surface area contributed by atoms with Crippen LogP contribution < -0.4 is 34.7 Å². The van der Waals surface area contributed by atoms with Gasteiger partial charge in [0.05, 0.1) is 17.1 Å². The second-order valence-corrected chi connectivity index (χ2v) is 22.8. The van der Waals surface area contributed by atoms with Crippen LogP contribution in [0.4, 0.5) is 17.1 Å². The van der Waals surface area contributed by atoms with Gasteiger partial charge in [-0.05, 0) is 75.2 Å². The van der Waals surface area contributed by atoms with E-state index in [-0.39, 0.29) is 21.7 Å². The highest BCUT2D eigenvalue weighted by molar-refractivity contribution is 7.15. The monoisotopic (exact) mass is 671 g/mol. The van der Waals surface area contributed by atoms with Crippen LogP contribution in [0.2, 0.25) is 6.04 Å². The van der Waals surface area contributed by atoms with Crippen LogP contribution in [0, 0.1) is 0 Å². The lowest BCUT2D eigenvalue weighted by molar-refractivity contribution is 0.429. The third kappa shape index (κ3) is 4.46. The summed E-state index contributed by atoms with van der Waals surface area (Å²) in [6.07, 6.45) is 2.26. The second-order valence-electron chi connectivity index (χ2n) is 19.0. The van der Waals surface area contributed by atoms with Gasteiger partial charge in [-0.1, -0.05) is 115 Å². The number of rotatable bonds is 3. The quantitative estimate of drug-likeness (QED) is 0.175. The van der Waals surface area contributed by atoms with Crippen LogP contribution in [0.1, 0.15) is 125 Å². The number of nitrogens with zero attached hydrogens (tertiary/aromatic N) is 1. The first-order valence-electron chi connectivity index (χ1n) is 18.3. The van der Waals surface area contributed by atoms with Crippen molar-refractivity contribution >= 4 is 40.7 Å². The summed E-state index contributed by atoms with van der Waals surface area (Å²) in [6.45, 7) is 29.9. The average Bonchev–Trinajstić information content (AvgIpc) is 2.99. The number of unbranched alkanes of at least 4 members (excludes halogenated alkanes) is 1. The molecule has 4 heterocycles. The molecule has 4 aromatic carbocycles. The molecule has 0 spiro atoms. The molecule has 4 aromatic rings. The van der Waals surface area contributed by atoms with Crippen LogP contribution in [-0.2, 0) is 21.7 Å². The van der Waals surface area contributed by atoms with E-state index >= 15 is 0 Å². The molecule has 49 heavy (non-hydrogen) atoms. The Morgan fingerprint density at radius 1 is 0.531 bits per heavy atom. The van der Waals surface area contributed by atoms with Crippen molar-refractivity contribution in [3.05, 3.63) is 70.8 Å². The SMILES string of the molecule is CCCC[Si]12c3c4cc(C(C)(C)C)cc3Oc3c(C(C)(C)C)cc5c(c31)N(c1ccc(C(C)(C)C)cc1O5)c1ccc(C(C)(C)C)c(c12)O4. The van der Waals surface area contributed by atoms with Crippen LogP contribution in [0.25, 0.3) is 0 Å². The molecule has 0 radical (unpaired) electrons. The number of fused-ring (bicyclic) bond motifs is 3. The predicted molar refractivity (Wildman–Crippen MR) is 207 cm³/mol. The molecule has 0 bridgehead atoms. The Balaban J connectivity index is 1.58. The summed E-state index contributed by atoms with van der Waals surface area (Å²) in [7, 11) is -2.77. The van der Waals surface area contributed by atoms with Crippen molar-refractivity contribution in [1.29, 1.82) is 0 Å². The summed E-state index contributed by atoms with van der Waals surface area (Å²) < 4.78 is 21.8. The van der Waals surface area contributed by atoms with Crippen molar-refractivity contribution in [2.24, 2.45) is 0 Å². The molecule has 256 valence electrons. The summed E-state index contributed by atoms with van der Waals surface area (Å²) in [6, 6.07) is 19.6. The maximum atomic E-state index is 7.34. The fourth-order valence-corrected chi connectivity index (χ4v) is 14.5. The van der Waals surface area contributed by atoms with Gasteiger partial charge in [-0.2, -0.15) is 0 Å². The molecule has 5 heteroatoms. The van der Waals surface area contributed by atoms with Gasteiger partial charge >= 0.3 is 0 Å². The first-order valence-corrected chi connectivity index (χ1v) is 20.5. The summed E-state index contributed by atoms with van der Waals surface area (Å²) in [5, 5.41) is 4.09. The third-order valence-corrected chi connectivity index (χ3v) is 16.4. The minimum atomic E-state index is -2.77. The highest BCUT2D eigenvalue weighted by Crippen LogP contribution is 2.60. The van der Waals surface area contributed by atoms with Gasteiger partial charge < -0.3 is 19.1 Å². The van der Waals surface area contributed by atoms with E-state index in [1.54, 1.807) is 0 Å². The van der Waals surface area contributed by atoms with Gasteiger partial charge in [0, 0.05) is 26.7 Å². The fourth-order valence-electron chi connectivity index (χ4n) is 8.61. The zero-order valence-corrected chi connectivity index (χ0v) is 32.9. The van der Waals surface area contributed by atoms with E-state index in [9.17, 15) is 0 Å². The molecule has 1 atom stereocenters. The zero-order valence-electron chi connectivity index (χ0n) is 31.9. The summed E-state index contributed by atoms with van der Waals surface area (Å²) >= 11 is 0. The molecule has 0 N–H and O–H groups in total. The maximum Gasteiger partial charge on any atom is 0.173 e. The molecule has 0 amide bonds. The Labute approximate surface area is 294 Å². The number of ether oxygens (including phenoxy) is 3. The van der Waals surface area contributed by atoms with Crippen LogP contribution in [0.3, 0.4) is 0 Å². The van der Waals surface area contributed by atoms with E-state index in [4.69, 9.17) is 14.2 Å². The molecule has 4 aliphatic rings. The Kier molecular flexibility index (Phi) is 6.61. The van der Waals surface area contributed by atoms with Gasteiger partial charge in [0.15, 0.2) is 19.6 Å². The first kappa shape index (κ1) is 32.5. The molecule has 1 unspecified atom stereocenters. The highest BCUT2D eigenvalue weighted by atomic mass is 28.3. The van der Waals surface area contributed by atoms with E-state index in [1.165, 1.54) is 49.2 Å². The van der Waals surface area contributed by atoms with Crippen LogP contribution in [-0.4, -0.2) is 8.07 Å². The molecule has 4 aliphatic heterocycles. The number of hydrogen-bond acceptors (Lipinski definition) is 4. The number of anilines is 3. The van der Waals surface area contributed by atoms with Gasteiger partial charge in [0.25, 0.3) is 0 Å². The van der Waals surface area contributed by atoms with Crippen LogP contribution in [0.5, 0.6) is 34.5 Å². The van der Waals surface area contributed by atoms with Gasteiger partial charge in [-0.25, -0.2) is 0 Å². The Morgan fingerprint density at radius 2 is 1.10 bits per heavy atom. The summed E-state index contributed by atoms with van der Waals surface area (Å²) in [5.74, 6) is 5.92. The largest absolute Gasteiger partial charge is 0.457 e. The average molecular weight is 672 g/mol. The molecule has 0 saturated heterocycles. The van der Waals surface area contributed by atoms with Crippen molar-refractivity contribution < 1.29 is 14.2 Å². The molecule has 0 aliphatic carbocycles. The molecular weight excluding hydrogens is 619 g/mol. The maximum absolute atomic E-state index is 7.34. The third-order valence-electron chi connectivity index (χ3n) is 11.3. The summed E-state index contributed by atoms with van der Waals surface area (Å²) in [5.41, 5.74) is 8.10. The van der Waals surface area contributed by atoms with Crippen molar-refractivity contribution in [2.45, 2.75) is 131 Å². The van der Waals surface area contributed by atoms with Gasteiger partial charge in [-0.3, -0.25) is 0 Å². The van der Waals surface area contributed by atoms with Gasteiger partial charge in [-0.15, -0.1) is 0 Å². The van der Waals surface area contributed by atoms with E-state index in [1.807, 2.05) is 0 Å². The molecular formula is C44H53NO3Si. The fraction of sp³-hybridized carbons (Fsp3) is 0.455. The molecule has 0 saturated carbocycles. The van der Waals surface area contributed by atoms with E-state index in [2.05, 4.69) is 143 Å². The zero-order chi connectivity index (χ0) is 35.2. The van der Waals surface area contributed by atoms with E-state index in [0.717, 1.165) is 59.1 Å². The lowest BCUT2D eigenvalue weighted by Gasteiger charge is -2.53. The normalized spacial score (nSPS) is 18.3. The molecule has 4 nitrogen and oxygen atoms in total. The van der Waals surface area contributed by atoms with Crippen molar-refractivity contribution in [1.82, 2.24) is 0 Å². The number of benzene rings is 4. The molecule has 0 fully saturated rings. The Bertz CT molecular complexity index is 2060. The topological polar surface area (TPSA) is 30.9 Å². The minimum absolute atomic E-state index is 0.00354. The Hall–Kier alpha value is -3.70. The van der Waals surface area contributed by atoms with Crippen LogP contribution in [0.15, 0.2) is 48.5 Å². The standard InChI is InChI=1S/C44H53NO3Si/c1-14-15-20-49-38-30-19-17-27(43(8,9)10)36(38)47-33-22-26(42(5,6)7)23-34(39(33)49)48-37-28(44(11,12)13)24-32-35(40(37)49)45(30)29-18-16-25(41(2,3)4)21-31(29)46-32/h16-19,21-24H,14-15,20H2,1-13H3. The lowest BCUT2D eigenvalue weighted by Crippen LogP contribution is -2.74. The first-order chi connectivity index (χ1) is 22.8.